The predicted octanol–water partition coefficient (Wildman–Crippen LogP) is 5.86. The van der Waals surface area contributed by atoms with E-state index >= 15 is 0 Å². The van der Waals surface area contributed by atoms with E-state index in [0.717, 1.165) is 0 Å². The molecule has 0 spiro atoms. The minimum Gasteiger partial charge on any atom is -0.220 e. The molecule has 0 fully saturated rings. The lowest BCUT2D eigenvalue weighted by atomic mass is 10.1. The molecule has 0 heterocycles. The molecule has 204 valence electrons. The van der Waals surface area contributed by atoms with Crippen LogP contribution in [0.2, 0.25) is 0 Å². The summed E-state index contributed by atoms with van der Waals surface area (Å²) >= 11 is 0. The highest BCUT2D eigenvalue weighted by Crippen LogP contribution is 2.53. The Hall–Kier alpha value is -2.00. The summed E-state index contributed by atoms with van der Waals surface area (Å²) < 4.78 is 249. The molecule has 0 aliphatic heterocycles. The normalized spacial score (nSPS) is 15.6. The molecule has 0 unspecified atom stereocenters. The lowest BCUT2D eigenvalue weighted by Gasteiger charge is -2.29. The van der Waals surface area contributed by atoms with Gasteiger partial charge in [-0.1, -0.05) is 0 Å². The molecular weight excluding hydrogens is 588 g/mol. The second-order valence-corrected chi connectivity index (χ2v) is 10.7. The minimum absolute atomic E-state index is 0.983. The van der Waals surface area contributed by atoms with Gasteiger partial charge >= 0.3 is 35.2 Å². The summed E-state index contributed by atoms with van der Waals surface area (Å²) in [7, 11) is -16.8. The molecule has 0 radical (unpaired) electrons. The molecule has 0 saturated heterocycles. The van der Waals surface area contributed by atoms with Crippen LogP contribution in [0.4, 0.5) is 70.2 Å². The molecule has 0 saturated carbocycles. The van der Waals surface area contributed by atoms with Crippen molar-refractivity contribution >= 4 is 19.7 Å². The molecule has 0 N–H and O–H groups in total. The molecule has 0 atom stereocenters. The van der Waals surface area contributed by atoms with Crippen LogP contribution in [0.5, 0.6) is 0 Å². The molecule has 35 heavy (non-hydrogen) atoms. The SMILES string of the molecule is O=S(=O)(C(c1cc(C(F)(F)F)cc(C(F)(F)F)c1)S(=O)(=O)C(F)(F)C(F)(F)F)C(F)(F)C(F)(F)F. The molecule has 0 aliphatic carbocycles. The van der Waals surface area contributed by atoms with Crippen molar-refractivity contribution in [3.8, 4) is 0 Å². The Kier molecular flexibility index (Phi) is 7.33. The molecule has 0 bridgehead atoms. The number of sulfone groups is 2. The average Bonchev–Trinajstić information content (AvgIpc) is 2.57. The quantitative estimate of drug-likeness (QED) is 0.402. The molecule has 4 nitrogen and oxygen atoms in total. The zero-order valence-corrected chi connectivity index (χ0v) is 16.9. The van der Waals surface area contributed by atoms with Crippen molar-refractivity contribution in [2.45, 2.75) is 39.8 Å². The highest BCUT2D eigenvalue weighted by atomic mass is 32.3. The first-order valence-electron chi connectivity index (χ1n) is 7.59. The zero-order valence-electron chi connectivity index (χ0n) is 15.3. The van der Waals surface area contributed by atoms with Gasteiger partial charge in [-0.15, -0.1) is 0 Å². The number of benzene rings is 1. The fourth-order valence-corrected chi connectivity index (χ4v) is 6.46. The lowest BCUT2D eigenvalue weighted by molar-refractivity contribution is -0.242. The van der Waals surface area contributed by atoms with Crippen LogP contribution < -0.4 is 0 Å². The fourth-order valence-electron chi connectivity index (χ4n) is 2.23. The van der Waals surface area contributed by atoms with Crippen molar-refractivity contribution in [2.24, 2.45) is 0 Å². The van der Waals surface area contributed by atoms with E-state index in [4.69, 9.17) is 0 Å². The monoisotopic (exact) mass is 592 g/mol. The van der Waals surface area contributed by atoms with E-state index in [9.17, 15) is 87.1 Å². The summed E-state index contributed by atoms with van der Waals surface area (Å²) in [5.41, 5.74) is -8.74. The topological polar surface area (TPSA) is 68.3 Å². The van der Waals surface area contributed by atoms with Gasteiger partial charge in [-0.3, -0.25) is 0 Å². The second kappa shape index (κ2) is 8.26. The maximum Gasteiger partial charge on any atom is 0.469 e. The summed E-state index contributed by atoms with van der Waals surface area (Å²) in [5, 5.41) is -15.1. The van der Waals surface area contributed by atoms with Crippen molar-refractivity contribution in [3.63, 3.8) is 0 Å². The molecule has 22 heteroatoms. The zero-order chi connectivity index (χ0) is 28.4. The van der Waals surface area contributed by atoms with Crippen LogP contribution in [0.15, 0.2) is 18.2 Å². The maximum absolute atomic E-state index is 13.6. The molecule has 0 amide bonds. The number of rotatable bonds is 5. The van der Waals surface area contributed by atoms with Crippen molar-refractivity contribution in [2.75, 3.05) is 0 Å². The lowest BCUT2D eigenvalue weighted by Crippen LogP contribution is -2.52. The molecule has 0 aliphatic rings. The van der Waals surface area contributed by atoms with Gasteiger partial charge in [-0.25, -0.2) is 16.8 Å². The van der Waals surface area contributed by atoms with Gasteiger partial charge in [0.05, 0.1) is 11.1 Å². The van der Waals surface area contributed by atoms with Gasteiger partial charge in [0.1, 0.15) is 0 Å². The van der Waals surface area contributed by atoms with Gasteiger partial charge in [0, 0.05) is 0 Å². The number of alkyl halides is 16. The number of hydrogen-bond donors (Lipinski definition) is 0. The van der Waals surface area contributed by atoms with E-state index < -0.39 is 94.4 Å². The van der Waals surface area contributed by atoms with Crippen molar-refractivity contribution in [1.29, 1.82) is 0 Å². The van der Waals surface area contributed by atoms with Crippen LogP contribution in [0.3, 0.4) is 0 Å². The van der Waals surface area contributed by atoms with Crippen LogP contribution in [0, 0.1) is 0 Å². The van der Waals surface area contributed by atoms with E-state index in [1.807, 2.05) is 0 Å². The van der Waals surface area contributed by atoms with E-state index in [1.165, 1.54) is 0 Å². The van der Waals surface area contributed by atoms with Gasteiger partial charge in [0.2, 0.25) is 24.3 Å². The van der Waals surface area contributed by atoms with Crippen LogP contribution in [0.25, 0.3) is 0 Å². The predicted molar refractivity (Wildman–Crippen MR) is 79.0 cm³/mol. The summed E-state index contributed by atoms with van der Waals surface area (Å²) in [6.07, 6.45) is -27.2. The van der Waals surface area contributed by atoms with Crippen molar-refractivity contribution < 1.29 is 87.1 Å². The van der Waals surface area contributed by atoms with Gasteiger partial charge in [0.25, 0.3) is 0 Å². The first kappa shape index (κ1) is 31.0. The Balaban J connectivity index is 4.37. The Bertz CT molecular complexity index is 1080. The highest BCUT2D eigenvalue weighted by molar-refractivity contribution is 8.09. The summed E-state index contributed by atoms with van der Waals surface area (Å²) in [6, 6.07) is -3.41. The van der Waals surface area contributed by atoms with E-state index in [0.29, 0.717) is 0 Å². The van der Waals surface area contributed by atoms with Crippen LogP contribution in [-0.2, 0) is 32.0 Å². The number of halogens is 16. The van der Waals surface area contributed by atoms with Gasteiger partial charge in [-0.2, -0.15) is 70.2 Å². The Labute approximate surface area is 182 Å². The van der Waals surface area contributed by atoms with Crippen molar-refractivity contribution in [1.82, 2.24) is 0 Å². The third-order valence-electron chi connectivity index (χ3n) is 3.82. The van der Waals surface area contributed by atoms with Gasteiger partial charge < -0.3 is 0 Å². The minimum atomic E-state index is -8.40. The van der Waals surface area contributed by atoms with E-state index in [-0.39, 0.29) is 0 Å². The van der Waals surface area contributed by atoms with Crippen LogP contribution in [-0.4, -0.2) is 39.7 Å². The first-order valence-corrected chi connectivity index (χ1v) is 10.7. The van der Waals surface area contributed by atoms with E-state index in [1.54, 1.807) is 0 Å². The van der Waals surface area contributed by atoms with Crippen LogP contribution >= 0.6 is 0 Å². The standard InChI is InChI=1S/C13H4F16O4S2/c14-8(15,16)5-1-4(2-6(3-5)9(17,18)19)7(34(30,31)12(26,27)10(20,21)22)35(32,33)13(28,29)11(23,24)25/h1-3,7H. The smallest absolute Gasteiger partial charge is 0.220 e. The summed E-state index contributed by atoms with van der Waals surface area (Å²) in [4.78, 5) is 0. The fraction of sp³-hybridized carbons (Fsp3) is 0.538. The van der Waals surface area contributed by atoms with Crippen molar-refractivity contribution in [3.05, 3.63) is 34.9 Å². The Morgan fingerprint density at radius 1 is 0.486 bits per heavy atom. The third kappa shape index (κ3) is 5.26. The van der Waals surface area contributed by atoms with Gasteiger partial charge in [0.15, 0.2) is 0 Å². The molecule has 1 rings (SSSR count). The number of hydrogen-bond acceptors (Lipinski definition) is 4. The van der Waals surface area contributed by atoms with Crippen LogP contribution in [0.1, 0.15) is 21.3 Å². The van der Waals surface area contributed by atoms with E-state index in [2.05, 4.69) is 0 Å². The highest BCUT2D eigenvalue weighted by Gasteiger charge is 2.76. The maximum atomic E-state index is 13.6. The molecule has 1 aromatic carbocycles. The Morgan fingerprint density at radius 3 is 0.943 bits per heavy atom. The summed E-state index contributed by atoms with van der Waals surface area (Å²) in [6.45, 7) is 0. The molecule has 0 aromatic heterocycles. The van der Waals surface area contributed by atoms with Gasteiger partial charge in [-0.05, 0) is 23.8 Å². The second-order valence-electron chi connectivity index (χ2n) is 6.29. The average molecular weight is 592 g/mol. The third-order valence-corrected chi connectivity index (χ3v) is 8.90. The first-order chi connectivity index (χ1) is 14.9. The largest absolute Gasteiger partial charge is 0.469 e. The Morgan fingerprint density at radius 2 is 0.743 bits per heavy atom. The molecule has 1 aromatic rings. The summed E-state index contributed by atoms with van der Waals surface area (Å²) in [5.74, 6) is 0. The molecular formula is C13H4F16O4S2.